The largest absolute Gasteiger partial charge is 0.489 e. The van der Waals surface area contributed by atoms with Gasteiger partial charge in [0.1, 0.15) is 12.4 Å². The van der Waals surface area contributed by atoms with Crippen molar-refractivity contribution >= 4 is 17.9 Å². The predicted molar refractivity (Wildman–Crippen MR) is 134 cm³/mol. The minimum Gasteiger partial charge on any atom is -0.489 e. The summed E-state index contributed by atoms with van der Waals surface area (Å²) in [7, 11) is 0. The summed E-state index contributed by atoms with van der Waals surface area (Å²) in [5.41, 5.74) is 3.13. The van der Waals surface area contributed by atoms with Crippen LogP contribution in [-0.4, -0.2) is 29.8 Å². The predicted octanol–water partition coefficient (Wildman–Crippen LogP) is 4.83. The number of carbonyl (C=O) groups is 2. The van der Waals surface area contributed by atoms with Crippen LogP contribution in [0.3, 0.4) is 0 Å². The summed E-state index contributed by atoms with van der Waals surface area (Å²) in [5.74, 6) is 0.849. The highest BCUT2D eigenvalue weighted by atomic mass is 16.5. The van der Waals surface area contributed by atoms with Crippen LogP contribution in [0.5, 0.6) is 5.75 Å². The summed E-state index contributed by atoms with van der Waals surface area (Å²) in [6.07, 6.45) is 4.82. The van der Waals surface area contributed by atoms with Gasteiger partial charge >= 0.3 is 0 Å². The van der Waals surface area contributed by atoms with Crippen molar-refractivity contribution in [2.45, 2.75) is 26.0 Å². The van der Waals surface area contributed by atoms with Gasteiger partial charge in [-0.2, -0.15) is 0 Å². The Kier molecular flexibility index (Phi) is 8.12. The number of para-hydroxylation sites is 1. The van der Waals surface area contributed by atoms with E-state index < -0.39 is 0 Å². The molecule has 0 spiro atoms. The van der Waals surface area contributed by atoms with E-state index in [4.69, 9.17) is 4.74 Å². The number of hydrogen-bond acceptors (Lipinski definition) is 3. The van der Waals surface area contributed by atoms with Gasteiger partial charge in [-0.05, 0) is 47.7 Å². The third-order valence-electron chi connectivity index (χ3n) is 6.03. The van der Waals surface area contributed by atoms with E-state index >= 15 is 0 Å². The van der Waals surface area contributed by atoms with E-state index in [2.05, 4.69) is 5.32 Å². The van der Waals surface area contributed by atoms with Crippen LogP contribution in [0, 0.1) is 5.92 Å². The number of nitrogens with one attached hydrogen (secondary N) is 1. The van der Waals surface area contributed by atoms with E-state index in [9.17, 15) is 9.59 Å². The Morgan fingerprint density at radius 3 is 2.15 bits per heavy atom. The van der Waals surface area contributed by atoms with Crippen LogP contribution in [-0.2, 0) is 22.7 Å². The number of ether oxygens (including phenoxy) is 1. The molecule has 1 heterocycles. The molecular formula is C29H30N2O3. The molecule has 2 amide bonds. The lowest BCUT2D eigenvalue weighted by atomic mass is 9.95. The van der Waals surface area contributed by atoms with Crippen molar-refractivity contribution in [1.29, 1.82) is 0 Å². The van der Waals surface area contributed by atoms with E-state index in [1.807, 2.05) is 95.9 Å². The highest BCUT2D eigenvalue weighted by Gasteiger charge is 2.26. The van der Waals surface area contributed by atoms with Crippen molar-refractivity contribution in [3.8, 4) is 5.75 Å². The number of hydrogen-bond donors (Lipinski definition) is 1. The van der Waals surface area contributed by atoms with Crippen LogP contribution in [0.25, 0.3) is 6.08 Å². The maximum Gasteiger partial charge on any atom is 0.246 e. The molecule has 5 nitrogen and oxygen atoms in total. The van der Waals surface area contributed by atoms with Crippen molar-refractivity contribution in [3.05, 3.63) is 108 Å². The fourth-order valence-corrected chi connectivity index (χ4v) is 3.97. The highest BCUT2D eigenvalue weighted by Crippen LogP contribution is 2.18. The molecule has 34 heavy (non-hydrogen) atoms. The molecule has 1 aliphatic heterocycles. The standard InChI is InChI=1S/C29H30N2O3/c32-28(16-15-23-7-3-1-4-8-23)31-19-17-26(18-20-31)29(33)30-21-24-11-13-25(14-12-24)22-34-27-9-5-2-6-10-27/h1-16,26H,17-22H2,(H,30,33)/b16-15+. The highest BCUT2D eigenvalue weighted by molar-refractivity contribution is 5.92. The van der Waals surface area contributed by atoms with E-state index in [0.717, 1.165) is 22.4 Å². The summed E-state index contributed by atoms with van der Waals surface area (Å²) in [6.45, 7) is 2.21. The van der Waals surface area contributed by atoms with E-state index in [1.54, 1.807) is 6.08 Å². The Balaban J connectivity index is 1.17. The van der Waals surface area contributed by atoms with Crippen molar-refractivity contribution in [1.82, 2.24) is 10.2 Å². The first-order chi connectivity index (χ1) is 16.7. The minimum absolute atomic E-state index is 0.000884. The Morgan fingerprint density at radius 2 is 1.47 bits per heavy atom. The molecule has 3 aromatic carbocycles. The summed E-state index contributed by atoms with van der Waals surface area (Å²) in [5, 5.41) is 3.05. The second kappa shape index (κ2) is 11.8. The molecule has 0 unspecified atom stereocenters. The molecule has 3 aromatic rings. The first-order valence-electron chi connectivity index (χ1n) is 11.7. The summed E-state index contributed by atoms with van der Waals surface area (Å²) in [4.78, 5) is 26.9. The number of piperidine rings is 1. The first kappa shape index (κ1) is 23.3. The van der Waals surface area contributed by atoms with Crippen LogP contribution >= 0.6 is 0 Å². The molecule has 5 heteroatoms. The van der Waals surface area contributed by atoms with Crippen molar-refractivity contribution < 1.29 is 14.3 Å². The molecule has 0 saturated carbocycles. The Hall–Kier alpha value is -3.86. The van der Waals surface area contributed by atoms with Gasteiger partial charge in [0.05, 0.1) is 0 Å². The third-order valence-corrected chi connectivity index (χ3v) is 6.03. The van der Waals surface area contributed by atoms with Gasteiger partial charge in [0, 0.05) is 31.6 Å². The molecule has 174 valence electrons. The van der Waals surface area contributed by atoms with Gasteiger partial charge in [0.15, 0.2) is 0 Å². The normalized spacial score (nSPS) is 14.2. The molecule has 0 aliphatic carbocycles. The molecule has 4 rings (SSSR count). The van der Waals surface area contributed by atoms with Crippen molar-refractivity contribution in [2.75, 3.05) is 13.1 Å². The number of nitrogens with zero attached hydrogens (tertiary/aromatic N) is 1. The Bertz CT molecular complexity index is 1090. The van der Waals surface area contributed by atoms with Gasteiger partial charge in [0.25, 0.3) is 0 Å². The average molecular weight is 455 g/mol. The van der Waals surface area contributed by atoms with Crippen LogP contribution < -0.4 is 10.1 Å². The second-order valence-corrected chi connectivity index (χ2v) is 8.48. The fraction of sp³-hybridized carbons (Fsp3) is 0.241. The number of carbonyl (C=O) groups excluding carboxylic acids is 2. The van der Waals surface area contributed by atoms with Crippen LogP contribution in [0.4, 0.5) is 0 Å². The van der Waals surface area contributed by atoms with E-state index in [-0.39, 0.29) is 17.7 Å². The molecule has 0 aromatic heterocycles. The monoisotopic (exact) mass is 454 g/mol. The van der Waals surface area contributed by atoms with Crippen LogP contribution in [0.15, 0.2) is 91.0 Å². The maximum absolute atomic E-state index is 12.6. The molecular weight excluding hydrogens is 424 g/mol. The zero-order chi connectivity index (χ0) is 23.6. The number of rotatable bonds is 8. The van der Waals surface area contributed by atoms with Gasteiger partial charge in [-0.3, -0.25) is 9.59 Å². The zero-order valence-corrected chi connectivity index (χ0v) is 19.2. The Morgan fingerprint density at radius 1 is 0.853 bits per heavy atom. The zero-order valence-electron chi connectivity index (χ0n) is 19.2. The number of benzene rings is 3. The van der Waals surface area contributed by atoms with E-state index in [0.29, 0.717) is 39.1 Å². The summed E-state index contributed by atoms with van der Waals surface area (Å²) in [6, 6.07) is 27.6. The number of likely N-dealkylation sites (tertiary alicyclic amines) is 1. The number of amides is 2. The molecule has 0 bridgehead atoms. The first-order valence-corrected chi connectivity index (χ1v) is 11.7. The molecule has 1 N–H and O–H groups in total. The summed E-state index contributed by atoms with van der Waals surface area (Å²) >= 11 is 0. The van der Waals surface area contributed by atoms with Gasteiger partial charge in [0.2, 0.25) is 11.8 Å². The van der Waals surface area contributed by atoms with Crippen LogP contribution in [0.1, 0.15) is 29.5 Å². The van der Waals surface area contributed by atoms with Gasteiger partial charge in [-0.1, -0.05) is 72.8 Å². The third kappa shape index (κ3) is 6.82. The van der Waals surface area contributed by atoms with Crippen LogP contribution in [0.2, 0.25) is 0 Å². The quantitative estimate of drug-likeness (QED) is 0.496. The topological polar surface area (TPSA) is 58.6 Å². The SMILES string of the molecule is O=C(NCc1ccc(COc2ccccc2)cc1)C1CCN(C(=O)/C=C/c2ccccc2)CC1. The lowest BCUT2D eigenvalue weighted by Gasteiger charge is -2.30. The van der Waals surface area contributed by atoms with Gasteiger partial charge in [-0.15, -0.1) is 0 Å². The van der Waals surface area contributed by atoms with Crippen molar-refractivity contribution in [2.24, 2.45) is 5.92 Å². The lowest BCUT2D eigenvalue weighted by Crippen LogP contribution is -2.42. The molecule has 0 radical (unpaired) electrons. The smallest absolute Gasteiger partial charge is 0.246 e. The maximum atomic E-state index is 12.6. The molecule has 1 saturated heterocycles. The minimum atomic E-state index is -0.0549. The van der Waals surface area contributed by atoms with E-state index in [1.165, 1.54) is 0 Å². The average Bonchev–Trinajstić information content (AvgIpc) is 2.91. The Labute approximate surface area is 201 Å². The summed E-state index contributed by atoms with van der Waals surface area (Å²) < 4.78 is 5.77. The molecule has 1 aliphatic rings. The second-order valence-electron chi connectivity index (χ2n) is 8.48. The lowest BCUT2D eigenvalue weighted by molar-refractivity contribution is -0.132. The van der Waals surface area contributed by atoms with Gasteiger partial charge in [-0.25, -0.2) is 0 Å². The molecule has 0 atom stereocenters. The van der Waals surface area contributed by atoms with Gasteiger partial charge < -0.3 is 15.0 Å². The fourth-order valence-electron chi connectivity index (χ4n) is 3.97. The van der Waals surface area contributed by atoms with Crippen molar-refractivity contribution in [3.63, 3.8) is 0 Å². The molecule has 1 fully saturated rings.